The van der Waals surface area contributed by atoms with E-state index >= 15 is 0 Å². The summed E-state index contributed by atoms with van der Waals surface area (Å²) in [7, 11) is 0. The fraction of sp³-hybridized carbons (Fsp3) is 0.526. The molecule has 0 unspecified atom stereocenters. The number of furan rings is 1. The SMILES string of the molecule is O=C(NC1CC1)[C@]12COC[C@H]1CN(Cc1cnc(-c3ccco3)nc1)C2. The summed E-state index contributed by atoms with van der Waals surface area (Å²) in [6.07, 6.45) is 7.51. The predicted octanol–water partition coefficient (Wildman–Crippen LogP) is 1.46. The van der Waals surface area contributed by atoms with Crippen molar-refractivity contribution < 1.29 is 13.9 Å². The Kier molecular flexibility index (Phi) is 3.79. The van der Waals surface area contributed by atoms with Crippen LogP contribution in [-0.4, -0.2) is 53.1 Å². The van der Waals surface area contributed by atoms with Gasteiger partial charge in [-0.05, 0) is 25.0 Å². The molecule has 4 heterocycles. The van der Waals surface area contributed by atoms with E-state index in [1.165, 1.54) is 0 Å². The second-order valence-electron chi connectivity index (χ2n) is 7.68. The van der Waals surface area contributed by atoms with Crippen molar-refractivity contribution in [3.8, 4) is 11.6 Å². The number of fused-ring (bicyclic) bond motifs is 1. The molecule has 5 rings (SSSR count). The van der Waals surface area contributed by atoms with Crippen LogP contribution in [0, 0.1) is 11.3 Å². The van der Waals surface area contributed by atoms with E-state index in [-0.39, 0.29) is 11.8 Å². The lowest BCUT2D eigenvalue weighted by Crippen LogP contribution is -2.47. The highest BCUT2D eigenvalue weighted by Crippen LogP contribution is 2.42. The normalized spacial score (nSPS) is 28.2. The third-order valence-electron chi connectivity index (χ3n) is 5.66. The van der Waals surface area contributed by atoms with E-state index in [4.69, 9.17) is 9.15 Å². The molecule has 7 heteroatoms. The summed E-state index contributed by atoms with van der Waals surface area (Å²) < 4.78 is 11.0. The van der Waals surface area contributed by atoms with Crippen LogP contribution in [0.3, 0.4) is 0 Å². The summed E-state index contributed by atoms with van der Waals surface area (Å²) in [5, 5.41) is 3.18. The van der Waals surface area contributed by atoms with Gasteiger partial charge in [-0.1, -0.05) is 0 Å². The number of aromatic nitrogens is 2. The highest BCUT2D eigenvalue weighted by Gasteiger charge is 2.56. The quantitative estimate of drug-likeness (QED) is 0.876. The van der Waals surface area contributed by atoms with Gasteiger partial charge in [-0.2, -0.15) is 0 Å². The van der Waals surface area contributed by atoms with Crippen LogP contribution in [0.5, 0.6) is 0 Å². The molecule has 2 aromatic rings. The second kappa shape index (κ2) is 6.17. The van der Waals surface area contributed by atoms with Crippen LogP contribution in [-0.2, 0) is 16.1 Å². The zero-order valence-electron chi connectivity index (χ0n) is 14.6. The highest BCUT2D eigenvalue weighted by molar-refractivity contribution is 5.84. The lowest BCUT2D eigenvalue weighted by molar-refractivity contribution is -0.131. The molecule has 1 saturated carbocycles. The van der Waals surface area contributed by atoms with Gasteiger partial charge in [0.05, 0.1) is 24.9 Å². The summed E-state index contributed by atoms with van der Waals surface area (Å²) in [6.45, 7) is 3.55. The Labute approximate surface area is 151 Å². The third-order valence-corrected chi connectivity index (χ3v) is 5.66. The van der Waals surface area contributed by atoms with Crippen LogP contribution in [0.1, 0.15) is 18.4 Å². The van der Waals surface area contributed by atoms with Crippen LogP contribution in [0.15, 0.2) is 35.2 Å². The fourth-order valence-corrected chi connectivity index (χ4v) is 4.07. The van der Waals surface area contributed by atoms with Gasteiger partial charge in [0, 0.05) is 49.6 Å². The predicted molar refractivity (Wildman–Crippen MR) is 92.9 cm³/mol. The number of nitrogens with one attached hydrogen (secondary N) is 1. The largest absolute Gasteiger partial charge is 0.461 e. The zero-order chi connectivity index (χ0) is 17.6. The van der Waals surface area contributed by atoms with E-state index in [1.807, 2.05) is 24.5 Å². The van der Waals surface area contributed by atoms with Crippen molar-refractivity contribution in [3.05, 3.63) is 36.4 Å². The number of carbonyl (C=O) groups excluding carboxylic acids is 1. The van der Waals surface area contributed by atoms with Crippen molar-refractivity contribution in [2.45, 2.75) is 25.4 Å². The molecule has 2 atom stereocenters. The van der Waals surface area contributed by atoms with E-state index in [0.29, 0.717) is 30.8 Å². The molecule has 0 spiro atoms. The van der Waals surface area contributed by atoms with Gasteiger partial charge in [-0.15, -0.1) is 0 Å². The first-order valence-electron chi connectivity index (χ1n) is 9.19. The van der Waals surface area contributed by atoms with Crippen LogP contribution in [0.4, 0.5) is 0 Å². The maximum Gasteiger partial charge on any atom is 0.230 e. The van der Waals surface area contributed by atoms with Gasteiger partial charge in [0.2, 0.25) is 5.91 Å². The first-order chi connectivity index (χ1) is 12.7. The minimum atomic E-state index is -0.391. The monoisotopic (exact) mass is 354 g/mol. The van der Waals surface area contributed by atoms with Crippen molar-refractivity contribution in [2.24, 2.45) is 11.3 Å². The number of rotatable bonds is 5. The maximum atomic E-state index is 12.8. The fourth-order valence-electron chi connectivity index (χ4n) is 4.07. The van der Waals surface area contributed by atoms with Gasteiger partial charge in [0.25, 0.3) is 0 Å². The molecule has 3 fully saturated rings. The van der Waals surface area contributed by atoms with Crippen LogP contribution < -0.4 is 5.32 Å². The number of ether oxygens (including phenoxy) is 1. The molecule has 7 nitrogen and oxygen atoms in total. The van der Waals surface area contributed by atoms with Crippen LogP contribution in [0.25, 0.3) is 11.6 Å². The molecule has 2 aliphatic heterocycles. The van der Waals surface area contributed by atoms with Crippen molar-refractivity contribution in [1.82, 2.24) is 20.2 Å². The Bertz CT molecular complexity index is 788. The number of likely N-dealkylation sites (tertiary alicyclic amines) is 1. The van der Waals surface area contributed by atoms with Crippen molar-refractivity contribution >= 4 is 5.91 Å². The summed E-state index contributed by atoms with van der Waals surface area (Å²) >= 11 is 0. The molecular weight excluding hydrogens is 332 g/mol. The van der Waals surface area contributed by atoms with E-state index in [1.54, 1.807) is 6.26 Å². The van der Waals surface area contributed by atoms with E-state index in [2.05, 4.69) is 20.2 Å². The van der Waals surface area contributed by atoms with Crippen molar-refractivity contribution in [2.75, 3.05) is 26.3 Å². The number of carbonyl (C=O) groups is 1. The van der Waals surface area contributed by atoms with Gasteiger partial charge in [-0.25, -0.2) is 9.97 Å². The molecular formula is C19H22N4O3. The molecule has 0 aromatic carbocycles. The molecule has 1 aliphatic carbocycles. The van der Waals surface area contributed by atoms with E-state index < -0.39 is 5.41 Å². The summed E-state index contributed by atoms with van der Waals surface area (Å²) in [5.74, 6) is 1.70. The lowest BCUT2D eigenvalue weighted by atomic mass is 9.80. The molecule has 3 aliphatic rings. The number of hydrogen-bond acceptors (Lipinski definition) is 6. The Morgan fingerprint density at radius 3 is 2.92 bits per heavy atom. The standard InChI is InChI=1S/C19H22N4O3/c24-18(22-15-3-4-15)19-11-23(9-14(19)10-25-12-19)8-13-6-20-17(21-7-13)16-2-1-5-26-16/h1-2,5-7,14-15H,3-4,8-12H2,(H,22,24)/t14-,19-/m1/s1. The highest BCUT2D eigenvalue weighted by atomic mass is 16.5. The Balaban J connectivity index is 1.27. The number of hydrogen-bond donors (Lipinski definition) is 1. The molecule has 2 aromatic heterocycles. The molecule has 1 N–H and O–H groups in total. The van der Waals surface area contributed by atoms with Gasteiger partial charge in [0.15, 0.2) is 11.6 Å². The molecule has 0 bridgehead atoms. The molecule has 26 heavy (non-hydrogen) atoms. The third kappa shape index (κ3) is 2.81. The minimum Gasteiger partial charge on any atom is -0.461 e. The maximum absolute atomic E-state index is 12.8. The Morgan fingerprint density at radius 1 is 1.35 bits per heavy atom. The van der Waals surface area contributed by atoms with Gasteiger partial charge < -0.3 is 14.5 Å². The first-order valence-corrected chi connectivity index (χ1v) is 9.19. The summed E-state index contributed by atoms with van der Waals surface area (Å²) in [6, 6.07) is 4.05. The van der Waals surface area contributed by atoms with Crippen molar-refractivity contribution in [1.29, 1.82) is 0 Å². The molecule has 2 saturated heterocycles. The number of nitrogens with zero attached hydrogens (tertiary/aromatic N) is 3. The van der Waals surface area contributed by atoms with Crippen molar-refractivity contribution in [3.63, 3.8) is 0 Å². The van der Waals surface area contributed by atoms with Gasteiger partial charge >= 0.3 is 0 Å². The minimum absolute atomic E-state index is 0.175. The Morgan fingerprint density at radius 2 is 2.19 bits per heavy atom. The second-order valence-corrected chi connectivity index (χ2v) is 7.68. The average Bonchev–Trinajstić information content (AvgIpc) is 3.04. The lowest BCUT2D eigenvalue weighted by Gasteiger charge is -2.26. The Hall–Kier alpha value is -2.25. The molecule has 1 amide bonds. The van der Waals surface area contributed by atoms with Crippen LogP contribution in [0.2, 0.25) is 0 Å². The molecule has 0 radical (unpaired) electrons. The molecule has 136 valence electrons. The van der Waals surface area contributed by atoms with E-state index in [9.17, 15) is 4.79 Å². The number of amides is 1. The van der Waals surface area contributed by atoms with Gasteiger partial charge in [0.1, 0.15) is 0 Å². The first kappa shape index (κ1) is 16.0. The summed E-state index contributed by atoms with van der Waals surface area (Å²) in [5.41, 5.74) is 0.649. The summed E-state index contributed by atoms with van der Waals surface area (Å²) in [4.78, 5) is 23.9. The van der Waals surface area contributed by atoms with Gasteiger partial charge in [-0.3, -0.25) is 9.69 Å². The van der Waals surface area contributed by atoms with E-state index in [0.717, 1.165) is 38.0 Å². The zero-order valence-corrected chi connectivity index (χ0v) is 14.6. The topological polar surface area (TPSA) is 80.5 Å². The smallest absolute Gasteiger partial charge is 0.230 e. The average molecular weight is 354 g/mol. The van der Waals surface area contributed by atoms with Crippen LogP contribution >= 0.6 is 0 Å².